The average molecular weight is 253 g/mol. The van der Waals surface area contributed by atoms with Gasteiger partial charge in [-0.1, -0.05) is 19.8 Å². The predicted octanol–water partition coefficient (Wildman–Crippen LogP) is 2.64. The summed E-state index contributed by atoms with van der Waals surface area (Å²) in [6.45, 7) is 7.38. The van der Waals surface area contributed by atoms with E-state index in [1.807, 2.05) is 0 Å². The van der Waals surface area contributed by atoms with Gasteiger partial charge in [0.25, 0.3) is 0 Å². The van der Waals surface area contributed by atoms with Gasteiger partial charge in [0.05, 0.1) is 23.4 Å². The number of ether oxygens (including phenoxy) is 2. The Labute approximate surface area is 111 Å². The number of rotatable bonds is 1. The van der Waals surface area contributed by atoms with Crippen molar-refractivity contribution in [1.82, 2.24) is 5.32 Å². The first kappa shape index (κ1) is 12.9. The molecule has 2 saturated heterocycles. The lowest BCUT2D eigenvalue weighted by molar-refractivity contribution is -0.236. The van der Waals surface area contributed by atoms with Crippen molar-refractivity contribution in [2.45, 2.75) is 75.6 Å². The third-order valence-electron chi connectivity index (χ3n) is 5.29. The van der Waals surface area contributed by atoms with Crippen LogP contribution in [0.2, 0.25) is 0 Å². The van der Waals surface area contributed by atoms with E-state index < -0.39 is 0 Å². The van der Waals surface area contributed by atoms with Gasteiger partial charge in [-0.05, 0) is 26.2 Å². The maximum Gasteiger partial charge on any atom is 0.0863 e. The minimum absolute atomic E-state index is 0.0110. The summed E-state index contributed by atoms with van der Waals surface area (Å²) in [5, 5.41) is 3.66. The summed E-state index contributed by atoms with van der Waals surface area (Å²) in [5.41, 5.74) is 0.187. The van der Waals surface area contributed by atoms with Crippen LogP contribution in [-0.2, 0) is 9.47 Å². The normalized spacial score (nSPS) is 43.7. The van der Waals surface area contributed by atoms with Gasteiger partial charge in [0, 0.05) is 25.9 Å². The number of hydrogen-bond acceptors (Lipinski definition) is 3. The molecule has 0 aromatic heterocycles. The molecule has 2 unspecified atom stereocenters. The highest BCUT2D eigenvalue weighted by Gasteiger charge is 2.51. The highest BCUT2D eigenvalue weighted by Crippen LogP contribution is 2.45. The molecule has 2 heterocycles. The molecular weight excluding hydrogens is 226 g/mol. The summed E-state index contributed by atoms with van der Waals surface area (Å²) in [6, 6.07) is 0. The van der Waals surface area contributed by atoms with E-state index in [-0.39, 0.29) is 16.8 Å². The zero-order chi connectivity index (χ0) is 12.7. The molecule has 1 saturated carbocycles. The van der Waals surface area contributed by atoms with Crippen molar-refractivity contribution < 1.29 is 9.47 Å². The first-order valence-electron chi connectivity index (χ1n) is 7.64. The van der Waals surface area contributed by atoms with Crippen LogP contribution in [0.1, 0.15) is 58.8 Å². The zero-order valence-electron chi connectivity index (χ0n) is 11.9. The Morgan fingerprint density at radius 1 is 1.06 bits per heavy atom. The van der Waals surface area contributed by atoms with Crippen LogP contribution in [0, 0.1) is 0 Å². The Bertz CT molecular complexity index is 310. The molecule has 0 radical (unpaired) electrons. The third kappa shape index (κ3) is 2.21. The van der Waals surface area contributed by atoms with Crippen molar-refractivity contribution in [1.29, 1.82) is 0 Å². The molecule has 0 aromatic carbocycles. The third-order valence-corrected chi connectivity index (χ3v) is 5.29. The van der Waals surface area contributed by atoms with Gasteiger partial charge in [-0.2, -0.15) is 0 Å². The highest BCUT2D eigenvalue weighted by molar-refractivity contribution is 5.03. The van der Waals surface area contributed by atoms with Gasteiger partial charge in [-0.15, -0.1) is 0 Å². The molecule has 18 heavy (non-hydrogen) atoms. The van der Waals surface area contributed by atoms with E-state index >= 15 is 0 Å². The summed E-state index contributed by atoms with van der Waals surface area (Å²) < 4.78 is 12.7. The van der Waals surface area contributed by atoms with Crippen molar-refractivity contribution in [3.8, 4) is 0 Å². The van der Waals surface area contributed by atoms with Crippen molar-refractivity contribution in [2.75, 3.05) is 19.7 Å². The van der Waals surface area contributed by atoms with Crippen molar-refractivity contribution >= 4 is 0 Å². The topological polar surface area (TPSA) is 30.5 Å². The summed E-state index contributed by atoms with van der Waals surface area (Å²) in [4.78, 5) is 0. The molecule has 1 aliphatic carbocycles. The maximum absolute atomic E-state index is 6.72. The SMILES string of the molecule is CCC1(C)CC2(CCO1)CNCC1(CCCC1)O2. The van der Waals surface area contributed by atoms with Crippen LogP contribution < -0.4 is 5.32 Å². The second-order valence-corrected chi connectivity index (χ2v) is 6.86. The van der Waals surface area contributed by atoms with Crippen molar-refractivity contribution in [3.05, 3.63) is 0 Å². The molecule has 0 bridgehead atoms. The quantitative estimate of drug-likeness (QED) is 0.779. The Hall–Kier alpha value is -0.120. The predicted molar refractivity (Wildman–Crippen MR) is 71.8 cm³/mol. The standard InChI is InChI=1S/C15H27NO2/c1-3-13(2)10-15(8-9-17-13)12-16-11-14(18-15)6-4-5-7-14/h16H,3-12H2,1-2H3. The summed E-state index contributed by atoms with van der Waals surface area (Å²) in [7, 11) is 0. The summed E-state index contributed by atoms with van der Waals surface area (Å²) in [5.74, 6) is 0. The zero-order valence-corrected chi connectivity index (χ0v) is 11.9. The first-order chi connectivity index (χ1) is 8.60. The average Bonchev–Trinajstić information content (AvgIpc) is 2.77. The lowest BCUT2D eigenvalue weighted by Gasteiger charge is -2.53. The van der Waals surface area contributed by atoms with Gasteiger partial charge in [0.15, 0.2) is 0 Å². The van der Waals surface area contributed by atoms with Crippen LogP contribution in [0.4, 0.5) is 0 Å². The minimum atomic E-state index is 0.0110. The number of hydrogen-bond donors (Lipinski definition) is 1. The molecule has 3 fully saturated rings. The van der Waals surface area contributed by atoms with Crippen LogP contribution in [0.3, 0.4) is 0 Å². The Morgan fingerprint density at radius 2 is 1.78 bits per heavy atom. The van der Waals surface area contributed by atoms with Gasteiger partial charge < -0.3 is 14.8 Å². The molecule has 1 N–H and O–H groups in total. The Morgan fingerprint density at radius 3 is 2.50 bits per heavy atom. The maximum atomic E-state index is 6.72. The Balaban J connectivity index is 1.77. The number of nitrogens with one attached hydrogen (secondary N) is 1. The van der Waals surface area contributed by atoms with Crippen LogP contribution in [0.15, 0.2) is 0 Å². The molecule has 3 nitrogen and oxygen atoms in total. The first-order valence-corrected chi connectivity index (χ1v) is 7.64. The molecule has 104 valence electrons. The number of morpholine rings is 1. The van der Waals surface area contributed by atoms with E-state index in [0.717, 1.165) is 39.0 Å². The molecule has 3 heteroatoms. The van der Waals surface area contributed by atoms with Gasteiger partial charge in [-0.3, -0.25) is 0 Å². The lowest BCUT2D eigenvalue weighted by atomic mass is 9.79. The highest BCUT2D eigenvalue weighted by atomic mass is 16.5. The largest absolute Gasteiger partial charge is 0.375 e. The minimum Gasteiger partial charge on any atom is -0.375 e. The molecule has 0 amide bonds. The van der Waals surface area contributed by atoms with Crippen LogP contribution in [0.25, 0.3) is 0 Å². The smallest absolute Gasteiger partial charge is 0.0863 e. The van der Waals surface area contributed by atoms with E-state index in [4.69, 9.17) is 9.47 Å². The van der Waals surface area contributed by atoms with E-state index in [9.17, 15) is 0 Å². The van der Waals surface area contributed by atoms with Gasteiger partial charge in [0.1, 0.15) is 0 Å². The molecule has 2 spiro atoms. The van der Waals surface area contributed by atoms with Crippen LogP contribution >= 0.6 is 0 Å². The second-order valence-electron chi connectivity index (χ2n) is 6.86. The Kier molecular flexibility index (Phi) is 3.20. The molecule has 2 atom stereocenters. The molecular formula is C15H27NO2. The lowest BCUT2D eigenvalue weighted by Crippen LogP contribution is -2.63. The van der Waals surface area contributed by atoms with E-state index in [1.54, 1.807) is 0 Å². The fourth-order valence-electron chi connectivity index (χ4n) is 4.12. The summed E-state index contributed by atoms with van der Waals surface area (Å²) in [6.07, 6.45) is 8.32. The van der Waals surface area contributed by atoms with Gasteiger partial charge in [0.2, 0.25) is 0 Å². The second kappa shape index (κ2) is 4.46. The van der Waals surface area contributed by atoms with Crippen LogP contribution in [-0.4, -0.2) is 36.5 Å². The van der Waals surface area contributed by atoms with Crippen molar-refractivity contribution in [2.24, 2.45) is 0 Å². The fourth-order valence-corrected chi connectivity index (χ4v) is 4.12. The van der Waals surface area contributed by atoms with E-state index in [1.165, 1.54) is 25.7 Å². The van der Waals surface area contributed by atoms with Gasteiger partial charge in [-0.25, -0.2) is 0 Å². The van der Waals surface area contributed by atoms with Crippen molar-refractivity contribution in [3.63, 3.8) is 0 Å². The van der Waals surface area contributed by atoms with E-state index in [2.05, 4.69) is 19.2 Å². The van der Waals surface area contributed by atoms with Crippen LogP contribution in [0.5, 0.6) is 0 Å². The van der Waals surface area contributed by atoms with E-state index in [0.29, 0.717) is 0 Å². The molecule has 3 rings (SSSR count). The molecule has 0 aromatic rings. The monoisotopic (exact) mass is 253 g/mol. The van der Waals surface area contributed by atoms with Gasteiger partial charge >= 0.3 is 0 Å². The fraction of sp³-hybridized carbons (Fsp3) is 1.00. The molecule has 2 aliphatic heterocycles. The molecule has 3 aliphatic rings. The summed E-state index contributed by atoms with van der Waals surface area (Å²) >= 11 is 0.